The molecule has 0 aliphatic rings. The van der Waals surface area contributed by atoms with E-state index in [1.54, 1.807) is 11.8 Å². The van der Waals surface area contributed by atoms with E-state index < -0.39 is 22.3 Å². The highest BCUT2D eigenvalue weighted by Crippen LogP contribution is 2.19. The zero-order valence-corrected chi connectivity index (χ0v) is 10.6. The maximum Gasteiger partial charge on any atom is 0.282 e. The molecule has 1 rings (SSSR count). The number of carbonyl (C=O) groups excluding carboxylic acids is 1. The van der Waals surface area contributed by atoms with E-state index in [0.29, 0.717) is 6.54 Å². The summed E-state index contributed by atoms with van der Waals surface area (Å²) in [6, 6.07) is 2.83. The van der Waals surface area contributed by atoms with Crippen LogP contribution in [0.1, 0.15) is 16.8 Å². The largest absolute Gasteiger partial charge is 0.352 e. The minimum atomic E-state index is -0.698. The number of rotatable bonds is 6. The number of amides is 1. The fourth-order valence-corrected chi connectivity index (χ4v) is 1.80. The molecule has 0 fully saturated rings. The van der Waals surface area contributed by atoms with Gasteiger partial charge in [-0.05, 0) is 30.6 Å². The van der Waals surface area contributed by atoms with Crippen LogP contribution in [0.4, 0.5) is 10.1 Å². The van der Waals surface area contributed by atoms with Crippen molar-refractivity contribution in [3.05, 3.63) is 39.7 Å². The molecule has 98 valence electrons. The number of nitro groups is 1. The van der Waals surface area contributed by atoms with Crippen LogP contribution in [-0.2, 0) is 0 Å². The lowest BCUT2D eigenvalue weighted by Crippen LogP contribution is -2.25. The van der Waals surface area contributed by atoms with Crippen LogP contribution in [0.2, 0.25) is 0 Å². The number of benzene rings is 1. The van der Waals surface area contributed by atoms with Gasteiger partial charge in [-0.3, -0.25) is 14.9 Å². The third-order valence-electron chi connectivity index (χ3n) is 2.21. The first-order valence-corrected chi connectivity index (χ1v) is 6.66. The lowest BCUT2D eigenvalue weighted by Gasteiger charge is -2.05. The monoisotopic (exact) mass is 272 g/mol. The average molecular weight is 272 g/mol. The van der Waals surface area contributed by atoms with Crippen LogP contribution in [0.15, 0.2) is 18.2 Å². The van der Waals surface area contributed by atoms with Gasteiger partial charge in [-0.25, -0.2) is 4.39 Å². The zero-order chi connectivity index (χ0) is 13.5. The number of halogens is 1. The average Bonchev–Trinajstić information content (AvgIpc) is 2.34. The van der Waals surface area contributed by atoms with Crippen molar-refractivity contribution in [1.82, 2.24) is 5.32 Å². The van der Waals surface area contributed by atoms with Crippen LogP contribution in [0, 0.1) is 15.9 Å². The number of hydrogen-bond acceptors (Lipinski definition) is 4. The van der Waals surface area contributed by atoms with Crippen LogP contribution in [0.3, 0.4) is 0 Å². The summed E-state index contributed by atoms with van der Waals surface area (Å²) in [4.78, 5) is 21.7. The topological polar surface area (TPSA) is 72.2 Å². The summed E-state index contributed by atoms with van der Waals surface area (Å²) in [7, 11) is 0. The number of thioether (sulfide) groups is 1. The van der Waals surface area contributed by atoms with Crippen molar-refractivity contribution in [2.45, 2.75) is 6.42 Å². The van der Waals surface area contributed by atoms with Gasteiger partial charge < -0.3 is 5.32 Å². The summed E-state index contributed by atoms with van der Waals surface area (Å²) in [5.74, 6) is -0.414. The third kappa shape index (κ3) is 3.99. The summed E-state index contributed by atoms with van der Waals surface area (Å²) in [6.07, 6.45) is 2.70. The molecule has 0 heterocycles. The van der Waals surface area contributed by atoms with Crippen molar-refractivity contribution in [3.63, 3.8) is 0 Å². The van der Waals surface area contributed by atoms with E-state index in [0.717, 1.165) is 30.4 Å². The Kier molecular flexibility index (Phi) is 5.57. The number of nitro benzene ring substituents is 1. The van der Waals surface area contributed by atoms with Gasteiger partial charge in [0, 0.05) is 12.6 Å². The van der Waals surface area contributed by atoms with Crippen molar-refractivity contribution in [1.29, 1.82) is 0 Å². The summed E-state index contributed by atoms with van der Waals surface area (Å²) in [5, 5.41) is 13.2. The molecule has 7 heteroatoms. The van der Waals surface area contributed by atoms with Crippen LogP contribution in [0.5, 0.6) is 0 Å². The minimum Gasteiger partial charge on any atom is -0.352 e. The molecule has 0 saturated heterocycles. The molecule has 0 spiro atoms. The van der Waals surface area contributed by atoms with Gasteiger partial charge in [0.15, 0.2) is 0 Å². The summed E-state index contributed by atoms with van der Waals surface area (Å²) in [6.45, 7) is 0.410. The lowest BCUT2D eigenvalue weighted by molar-refractivity contribution is -0.385. The SMILES string of the molecule is CSCCCNC(=O)c1cc(F)ccc1[N+](=O)[O-]. The maximum absolute atomic E-state index is 13.0. The molecule has 0 bridgehead atoms. The zero-order valence-electron chi connectivity index (χ0n) is 9.81. The fraction of sp³-hybridized carbons (Fsp3) is 0.364. The van der Waals surface area contributed by atoms with Crippen molar-refractivity contribution < 1.29 is 14.1 Å². The van der Waals surface area contributed by atoms with E-state index in [1.807, 2.05) is 6.26 Å². The highest BCUT2D eigenvalue weighted by atomic mass is 32.2. The Labute approximate surface area is 108 Å². The maximum atomic E-state index is 13.0. The van der Waals surface area contributed by atoms with E-state index in [1.165, 1.54) is 0 Å². The van der Waals surface area contributed by atoms with Crippen molar-refractivity contribution in [3.8, 4) is 0 Å². The van der Waals surface area contributed by atoms with Gasteiger partial charge in [-0.15, -0.1) is 0 Å². The molecule has 0 aliphatic carbocycles. The second-order valence-corrected chi connectivity index (χ2v) is 4.51. The first kappa shape index (κ1) is 14.4. The summed E-state index contributed by atoms with van der Waals surface area (Å²) >= 11 is 1.64. The first-order valence-electron chi connectivity index (χ1n) is 5.27. The van der Waals surface area contributed by atoms with Crippen LogP contribution >= 0.6 is 11.8 Å². The molecule has 1 aromatic rings. The molecule has 1 amide bonds. The molecule has 1 N–H and O–H groups in total. The summed E-state index contributed by atoms with van der Waals surface area (Å²) in [5.41, 5.74) is -0.636. The molecule has 18 heavy (non-hydrogen) atoms. The molecule has 0 atom stereocenters. The number of nitrogens with zero attached hydrogens (tertiary/aromatic N) is 1. The van der Waals surface area contributed by atoms with E-state index in [-0.39, 0.29) is 5.56 Å². The second-order valence-electron chi connectivity index (χ2n) is 3.52. The molecule has 0 saturated carbocycles. The predicted octanol–water partition coefficient (Wildman–Crippen LogP) is 2.22. The second kappa shape index (κ2) is 6.95. The molecule has 5 nitrogen and oxygen atoms in total. The normalized spacial score (nSPS) is 10.1. The number of nitrogens with one attached hydrogen (secondary N) is 1. The van der Waals surface area contributed by atoms with Crippen LogP contribution < -0.4 is 5.32 Å². The first-order chi connectivity index (χ1) is 8.56. The van der Waals surface area contributed by atoms with E-state index in [9.17, 15) is 19.3 Å². The molecular weight excluding hydrogens is 259 g/mol. The van der Waals surface area contributed by atoms with Gasteiger partial charge in [0.25, 0.3) is 11.6 Å². The van der Waals surface area contributed by atoms with Crippen molar-refractivity contribution in [2.24, 2.45) is 0 Å². The Morgan fingerprint density at radius 2 is 2.28 bits per heavy atom. The van der Waals surface area contributed by atoms with Crippen LogP contribution in [-0.4, -0.2) is 29.4 Å². The van der Waals surface area contributed by atoms with Gasteiger partial charge in [-0.1, -0.05) is 0 Å². The Hall–Kier alpha value is -1.63. The van der Waals surface area contributed by atoms with Gasteiger partial charge in [0.05, 0.1) is 4.92 Å². The fourth-order valence-electron chi connectivity index (χ4n) is 1.36. The molecular formula is C11H13FN2O3S. The predicted molar refractivity (Wildman–Crippen MR) is 68.4 cm³/mol. The molecule has 0 radical (unpaired) electrons. The van der Waals surface area contributed by atoms with Gasteiger partial charge in [0.1, 0.15) is 11.4 Å². The standard InChI is InChI=1S/C11H13FN2O3S/c1-18-6-2-5-13-11(15)9-7-8(12)3-4-10(9)14(16)17/h3-4,7H,2,5-6H2,1H3,(H,13,15). The van der Waals surface area contributed by atoms with Gasteiger partial charge >= 0.3 is 0 Å². The minimum absolute atomic E-state index is 0.246. The quantitative estimate of drug-likeness (QED) is 0.489. The van der Waals surface area contributed by atoms with Crippen LogP contribution in [0.25, 0.3) is 0 Å². The molecule has 0 aromatic heterocycles. The van der Waals surface area contributed by atoms with E-state index >= 15 is 0 Å². The third-order valence-corrected chi connectivity index (χ3v) is 2.91. The number of hydrogen-bond donors (Lipinski definition) is 1. The van der Waals surface area contributed by atoms with Gasteiger partial charge in [0.2, 0.25) is 0 Å². The summed E-state index contributed by atoms with van der Waals surface area (Å²) < 4.78 is 13.0. The van der Waals surface area contributed by atoms with E-state index in [2.05, 4.69) is 5.32 Å². The molecule has 1 aromatic carbocycles. The van der Waals surface area contributed by atoms with Crippen molar-refractivity contribution >= 4 is 23.4 Å². The lowest BCUT2D eigenvalue weighted by atomic mass is 10.1. The Balaban J connectivity index is 2.77. The smallest absolute Gasteiger partial charge is 0.282 e. The van der Waals surface area contributed by atoms with E-state index in [4.69, 9.17) is 0 Å². The highest BCUT2D eigenvalue weighted by molar-refractivity contribution is 7.98. The van der Waals surface area contributed by atoms with Crippen molar-refractivity contribution in [2.75, 3.05) is 18.6 Å². The number of carbonyl (C=O) groups is 1. The Morgan fingerprint density at radius 3 is 2.89 bits per heavy atom. The van der Waals surface area contributed by atoms with Gasteiger partial charge in [-0.2, -0.15) is 11.8 Å². The molecule has 0 aliphatic heterocycles. The Morgan fingerprint density at radius 1 is 1.56 bits per heavy atom. The Bertz CT molecular complexity index is 454. The molecule has 0 unspecified atom stereocenters. The highest BCUT2D eigenvalue weighted by Gasteiger charge is 2.20.